The summed E-state index contributed by atoms with van der Waals surface area (Å²) in [6.45, 7) is 5.04. The lowest BCUT2D eigenvalue weighted by Gasteiger charge is -2.33. The number of hydrogen-bond acceptors (Lipinski definition) is 3. The Labute approximate surface area is 96.4 Å². The Kier molecular flexibility index (Phi) is 3.46. The van der Waals surface area contributed by atoms with E-state index in [1.807, 2.05) is 25.1 Å². The van der Waals surface area contributed by atoms with Gasteiger partial charge in [-0.15, -0.1) is 0 Å². The molecular formula is C13H19NO2. The summed E-state index contributed by atoms with van der Waals surface area (Å²) in [5, 5.41) is 12.6. The summed E-state index contributed by atoms with van der Waals surface area (Å²) in [6, 6.07) is 8.48. The van der Waals surface area contributed by atoms with Gasteiger partial charge in [0.25, 0.3) is 0 Å². The van der Waals surface area contributed by atoms with Crippen LogP contribution >= 0.6 is 0 Å². The lowest BCUT2D eigenvalue weighted by atomic mass is 9.91. The van der Waals surface area contributed by atoms with Gasteiger partial charge in [0, 0.05) is 23.6 Å². The summed E-state index contributed by atoms with van der Waals surface area (Å²) >= 11 is 0. The van der Waals surface area contributed by atoms with Crippen molar-refractivity contribution >= 4 is 0 Å². The summed E-state index contributed by atoms with van der Waals surface area (Å²) in [5.41, 5.74) is 1.20. The Morgan fingerprint density at radius 1 is 1.50 bits per heavy atom. The molecule has 1 heterocycles. The average Bonchev–Trinajstić information content (AvgIpc) is 2.32. The number of ether oxygens (including phenoxy) is 1. The largest absolute Gasteiger partial charge is 0.493 e. The highest BCUT2D eigenvalue weighted by Gasteiger charge is 2.28. The smallest absolute Gasteiger partial charge is 0.124 e. The summed E-state index contributed by atoms with van der Waals surface area (Å²) in [5.74, 6) is 1.38. The molecule has 0 amide bonds. The summed E-state index contributed by atoms with van der Waals surface area (Å²) < 4.78 is 5.68. The van der Waals surface area contributed by atoms with E-state index in [9.17, 15) is 0 Å². The van der Waals surface area contributed by atoms with Crippen LogP contribution in [0.4, 0.5) is 0 Å². The Morgan fingerprint density at radius 2 is 2.25 bits per heavy atom. The fourth-order valence-electron chi connectivity index (χ4n) is 2.11. The molecule has 1 aromatic rings. The molecule has 2 unspecified atom stereocenters. The maximum atomic E-state index is 9.11. The number of nitrogens with one attached hydrogen (secondary N) is 1. The maximum absolute atomic E-state index is 9.11. The van der Waals surface area contributed by atoms with Crippen molar-refractivity contribution in [3.8, 4) is 5.75 Å². The number of benzene rings is 1. The molecule has 0 fully saturated rings. The third kappa shape index (κ3) is 2.20. The highest BCUT2D eigenvalue weighted by molar-refractivity contribution is 5.37. The predicted octanol–water partition coefficient (Wildman–Crippen LogP) is 1.73. The highest BCUT2D eigenvalue weighted by Crippen LogP contribution is 2.35. The molecular weight excluding hydrogens is 202 g/mol. The van der Waals surface area contributed by atoms with E-state index < -0.39 is 0 Å². The molecule has 16 heavy (non-hydrogen) atoms. The minimum absolute atomic E-state index is 0.110. The Morgan fingerprint density at radius 3 is 3.00 bits per heavy atom. The van der Waals surface area contributed by atoms with E-state index in [1.165, 1.54) is 5.56 Å². The number of aliphatic hydroxyl groups is 1. The average molecular weight is 221 g/mol. The minimum atomic E-state index is 0.110. The van der Waals surface area contributed by atoms with E-state index in [0.717, 1.165) is 12.4 Å². The van der Waals surface area contributed by atoms with Crippen molar-refractivity contribution in [2.24, 2.45) is 5.92 Å². The SMILES string of the molecule is CC1COc2ccccc2C1N[C@H](C)CO. The maximum Gasteiger partial charge on any atom is 0.124 e. The lowest BCUT2D eigenvalue weighted by Crippen LogP contribution is -2.40. The van der Waals surface area contributed by atoms with Gasteiger partial charge in [-0.25, -0.2) is 0 Å². The van der Waals surface area contributed by atoms with Crippen LogP contribution in [0.15, 0.2) is 24.3 Å². The summed E-state index contributed by atoms with van der Waals surface area (Å²) in [4.78, 5) is 0. The molecule has 3 heteroatoms. The zero-order chi connectivity index (χ0) is 11.5. The Bertz CT molecular complexity index is 354. The molecule has 1 aromatic carbocycles. The number of rotatable bonds is 3. The van der Waals surface area contributed by atoms with Crippen molar-refractivity contribution in [3.05, 3.63) is 29.8 Å². The second kappa shape index (κ2) is 4.85. The van der Waals surface area contributed by atoms with Crippen molar-refractivity contribution in [1.82, 2.24) is 5.32 Å². The van der Waals surface area contributed by atoms with Crippen LogP contribution in [0.3, 0.4) is 0 Å². The molecule has 2 rings (SSSR count). The quantitative estimate of drug-likeness (QED) is 0.816. The molecule has 0 aromatic heterocycles. The normalized spacial score (nSPS) is 25.7. The van der Waals surface area contributed by atoms with Crippen LogP contribution in [0, 0.1) is 5.92 Å². The van der Waals surface area contributed by atoms with Gasteiger partial charge in [0.15, 0.2) is 0 Å². The molecule has 0 bridgehead atoms. The van der Waals surface area contributed by atoms with Gasteiger partial charge >= 0.3 is 0 Å². The summed E-state index contributed by atoms with van der Waals surface area (Å²) in [6.07, 6.45) is 0. The molecule has 3 nitrogen and oxygen atoms in total. The van der Waals surface area contributed by atoms with Crippen LogP contribution in [0.25, 0.3) is 0 Å². The number of hydrogen-bond donors (Lipinski definition) is 2. The first-order valence-corrected chi connectivity index (χ1v) is 5.81. The van der Waals surface area contributed by atoms with Gasteiger partial charge in [-0.1, -0.05) is 25.1 Å². The molecule has 1 aliphatic heterocycles. The predicted molar refractivity (Wildman–Crippen MR) is 63.5 cm³/mol. The van der Waals surface area contributed by atoms with Crippen molar-refractivity contribution in [1.29, 1.82) is 0 Å². The lowest BCUT2D eigenvalue weighted by molar-refractivity contribution is 0.165. The van der Waals surface area contributed by atoms with Crippen LogP contribution in [-0.4, -0.2) is 24.4 Å². The van der Waals surface area contributed by atoms with Crippen LogP contribution in [0.2, 0.25) is 0 Å². The third-order valence-corrected chi connectivity index (χ3v) is 3.06. The van der Waals surface area contributed by atoms with E-state index in [-0.39, 0.29) is 18.7 Å². The fourth-order valence-corrected chi connectivity index (χ4v) is 2.11. The van der Waals surface area contributed by atoms with E-state index in [2.05, 4.69) is 18.3 Å². The molecule has 3 atom stereocenters. The second-order valence-electron chi connectivity index (χ2n) is 4.55. The van der Waals surface area contributed by atoms with Crippen molar-refractivity contribution in [2.45, 2.75) is 25.9 Å². The van der Waals surface area contributed by atoms with Crippen molar-refractivity contribution in [3.63, 3.8) is 0 Å². The topological polar surface area (TPSA) is 41.5 Å². The molecule has 0 saturated carbocycles. The second-order valence-corrected chi connectivity index (χ2v) is 4.55. The van der Waals surface area contributed by atoms with Crippen LogP contribution in [-0.2, 0) is 0 Å². The molecule has 2 N–H and O–H groups in total. The summed E-state index contributed by atoms with van der Waals surface area (Å²) in [7, 11) is 0. The van der Waals surface area contributed by atoms with E-state index in [1.54, 1.807) is 0 Å². The number of para-hydroxylation sites is 1. The Balaban J connectivity index is 2.22. The zero-order valence-corrected chi connectivity index (χ0v) is 9.81. The van der Waals surface area contributed by atoms with Crippen molar-refractivity contribution in [2.75, 3.05) is 13.2 Å². The van der Waals surface area contributed by atoms with E-state index in [4.69, 9.17) is 9.84 Å². The van der Waals surface area contributed by atoms with Gasteiger partial charge in [-0.3, -0.25) is 0 Å². The third-order valence-electron chi connectivity index (χ3n) is 3.06. The van der Waals surface area contributed by atoms with Crippen LogP contribution < -0.4 is 10.1 Å². The zero-order valence-electron chi connectivity index (χ0n) is 9.81. The first-order chi connectivity index (χ1) is 7.72. The van der Waals surface area contributed by atoms with Crippen LogP contribution in [0.5, 0.6) is 5.75 Å². The minimum Gasteiger partial charge on any atom is -0.493 e. The molecule has 0 radical (unpaired) electrons. The fraction of sp³-hybridized carbons (Fsp3) is 0.538. The molecule has 0 saturated heterocycles. The molecule has 88 valence electrons. The monoisotopic (exact) mass is 221 g/mol. The Hall–Kier alpha value is -1.06. The van der Waals surface area contributed by atoms with Crippen molar-refractivity contribution < 1.29 is 9.84 Å². The van der Waals surface area contributed by atoms with Gasteiger partial charge in [0.1, 0.15) is 5.75 Å². The first-order valence-electron chi connectivity index (χ1n) is 5.81. The van der Waals surface area contributed by atoms with Gasteiger partial charge in [0.05, 0.1) is 13.2 Å². The van der Waals surface area contributed by atoms with Gasteiger partial charge < -0.3 is 15.2 Å². The number of aliphatic hydroxyl groups excluding tert-OH is 1. The first kappa shape index (κ1) is 11.4. The van der Waals surface area contributed by atoms with E-state index >= 15 is 0 Å². The standard InChI is InChI=1S/C13H19NO2/c1-9-8-16-12-6-4-3-5-11(12)13(9)14-10(2)7-15/h3-6,9-10,13-15H,7-8H2,1-2H3/t9?,10-,13?/m1/s1. The molecule has 0 spiro atoms. The number of fused-ring (bicyclic) bond motifs is 1. The van der Waals surface area contributed by atoms with Gasteiger partial charge in [0.2, 0.25) is 0 Å². The van der Waals surface area contributed by atoms with E-state index in [0.29, 0.717) is 5.92 Å². The van der Waals surface area contributed by atoms with Gasteiger partial charge in [-0.2, -0.15) is 0 Å². The molecule has 1 aliphatic rings. The van der Waals surface area contributed by atoms with Crippen LogP contribution in [0.1, 0.15) is 25.5 Å². The highest BCUT2D eigenvalue weighted by atomic mass is 16.5. The van der Waals surface area contributed by atoms with Gasteiger partial charge in [-0.05, 0) is 13.0 Å². The molecule has 0 aliphatic carbocycles.